The standard InChI is InChI=1S/C15H25FN2O2S/c1-5-7-8-18(12(4)6-2)21(19,20)15-10-14(17)13(16)9-11(15)3/h9-10,12H,5-8,17H2,1-4H3. The van der Waals surface area contributed by atoms with Gasteiger partial charge in [0.15, 0.2) is 0 Å². The summed E-state index contributed by atoms with van der Waals surface area (Å²) < 4.78 is 40.7. The van der Waals surface area contributed by atoms with E-state index in [0.717, 1.165) is 19.3 Å². The lowest BCUT2D eigenvalue weighted by molar-refractivity contribution is 0.324. The van der Waals surface area contributed by atoms with Crippen LogP contribution in [0.4, 0.5) is 10.1 Å². The maximum atomic E-state index is 13.4. The molecule has 0 bridgehead atoms. The van der Waals surface area contributed by atoms with Crippen molar-refractivity contribution < 1.29 is 12.8 Å². The molecule has 0 heterocycles. The maximum absolute atomic E-state index is 13.4. The third kappa shape index (κ3) is 3.95. The number of nitrogens with two attached hydrogens (primary N) is 1. The van der Waals surface area contributed by atoms with Crippen LogP contribution in [0.25, 0.3) is 0 Å². The summed E-state index contributed by atoms with van der Waals surface area (Å²) in [4.78, 5) is 0.0952. The van der Waals surface area contributed by atoms with Crippen LogP contribution in [0.3, 0.4) is 0 Å². The number of sulfonamides is 1. The summed E-state index contributed by atoms with van der Waals surface area (Å²) in [7, 11) is -3.67. The van der Waals surface area contributed by atoms with Crippen molar-refractivity contribution in [2.24, 2.45) is 0 Å². The van der Waals surface area contributed by atoms with E-state index in [1.54, 1.807) is 6.92 Å². The molecule has 0 aliphatic heterocycles. The van der Waals surface area contributed by atoms with E-state index in [9.17, 15) is 12.8 Å². The number of rotatable bonds is 7. The Morgan fingerprint density at radius 2 is 1.95 bits per heavy atom. The summed E-state index contributed by atoms with van der Waals surface area (Å²) >= 11 is 0. The van der Waals surface area contributed by atoms with Crippen molar-refractivity contribution in [2.45, 2.75) is 57.9 Å². The van der Waals surface area contributed by atoms with Crippen LogP contribution in [0.1, 0.15) is 45.6 Å². The minimum atomic E-state index is -3.67. The number of hydrogen-bond donors (Lipinski definition) is 1. The zero-order valence-corrected chi connectivity index (χ0v) is 14.0. The summed E-state index contributed by atoms with van der Waals surface area (Å²) in [5, 5.41) is 0. The molecule has 0 aliphatic rings. The van der Waals surface area contributed by atoms with Crippen molar-refractivity contribution in [1.29, 1.82) is 0 Å². The van der Waals surface area contributed by atoms with Crippen LogP contribution in [-0.4, -0.2) is 25.3 Å². The van der Waals surface area contributed by atoms with Crippen LogP contribution in [0.5, 0.6) is 0 Å². The van der Waals surface area contributed by atoms with Gasteiger partial charge in [0.2, 0.25) is 10.0 Å². The highest BCUT2D eigenvalue weighted by molar-refractivity contribution is 7.89. The van der Waals surface area contributed by atoms with Gasteiger partial charge in [-0.3, -0.25) is 0 Å². The third-order valence-corrected chi connectivity index (χ3v) is 5.85. The van der Waals surface area contributed by atoms with Gasteiger partial charge in [-0.15, -0.1) is 0 Å². The first-order valence-electron chi connectivity index (χ1n) is 7.33. The molecule has 2 N–H and O–H groups in total. The van der Waals surface area contributed by atoms with Crippen molar-refractivity contribution in [3.05, 3.63) is 23.5 Å². The molecule has 0 aromatic heterocycles. The second-order valence-electron chi connectivity index (χ2n) is 5.37. The second kappa shape index (κ2) is 7.22. The molecule has 1 rings (SSSR count). The van der Waals surface area contributed by atoms with E-state index in [4.69, 9.17) is 5.73 Å². The van der Waals surface area contributed by atoms with Crippen molar-refractivity contribution in [3.63, 3.8) is 0 Å². The Balaban J connectivity index is 3.31. The molecule has 120 valence electrons. The van der Waals surface area contributed by atoms with Gasteiger partial charge < -0.3 is 5.73 Å². The molecule has 0 spiro atoms. The SMILES string of the molecule is CCCCN(C(C)CC)S(=O)(=O)c1cc(N)c(F)cc1C. The zero-order chi connectivity index (χ0) is 16.2. The lowest BCUT2D eigenvalue weighted by Crippen LogP contribution is -2.39. The van der Waals surface area contributed by atoms with E-state index < -0.39 is 15.8 Å². The van der Waals surface area contributed by atoms with Gasteiger partial charge in [-0.2, -0.15) is 4.31 Å². The molecule has 0 saturated heterocycles. The quantitative estimate of drug-likeness (QED) is 0.785. The fraction of sp³-hybridized carbons (Fsp3) is 0.600. The van der Waals surface area contributed by atoms with E-state index in [1.165, 1.54) is 16.4 Å². The van der Waals surface area contributed by atoms with Gasteiger partial charge in [0.1, 0.15) is 5.82 Å². The normalized spacial score (nSPS) is 13.6. The van der Waals surface area contributed by atoms with Gasteiger partial charge in [-0.1, -0.05) is 20.3 Å². The van der Waals surface area contributed by atoms with Crippen LogP contribution in [0.15, 0.2) is 17.0 Å². The molecular formula is C15H25FN2O2S. The van der Waals surface area contributed by atoms with Crippen LogP contribution in [0.2, 0.25) is 0 Å². The Kier molecular flexibility index (Phi) is 6.16. The van der Waals surface area contributed by atoms with Crippen molar-refractivity contribution in [1.82, 2.24) is 4.31 Å². The molecular weight excluding hydrogens is 291 g/mol. The highest BCUT2D eigenvalue weighted by atomic mass is 32.2. The summed E-state index contributed by atoms with van der Waals surface area (Å²) in [6.45, 7) is 7.90. The van der Waals surface area contributed by atoms with Crippen LogP contribution in [0, 0.1) is 12.7 Å². The van der Waals surface area contributed by atoms with Crippen molar-refractivity contribution in [3.8, 4) is 0 Å². The molecule has 1 aromatic rings. The molecule has 0 aliphatic carbocycles. The molecule has 21 heavy (non-hydrogen) atoms. The summed E-state index contributed by atoms with van der Waals surface area (Å²) in [6, 6.07) is 2.30. The Labute approximate surface area is 127 Å². The maximum Gasteiger partial charge on any atom is 0.243 e. The van der Waals surface area contributed by atoms with Gasteiger partial charge in [-0.05, 0) is 44.4 Å². The van der Waals surface area contributed by atoms with E-state index in [-0.39, 0.29) is 16.6 Å². The van der Waals surface area contributed by atoms with Crippen LogP contribution in [-0.2, 0) is 10.0 Å². The molecule has 0 saturated carbocycles. The zero-order valence-electron chi connectivity index (χ0n) is 13.2. The first-order valence-corrected chi connectivity index (χ1v) is 8.77. The smallest absolute Gasteiger partial charge is 0.243 e. The van der Waals surface area contributed by atoms with E-state index in [1.807, 2.05) is 20.8 Å². The average molecular weight is 316 g/mol. The second-order valence-corrected chi connectivity index (χ2v) is 7.22. The Bertz CT molecular complexity index is 588. The lowest BCUT2D eigenvalue weighted by Gasteiger charge is -2.28. The number of aryl methyl sites for hydroxylation is 1. The molecule has 1 atom stereocenters. The number of hydrogen-bond acceptors (Lipinski definition) is 3. The highest BCUT2D eigenvalue weighted by Gasteiger charge is 2.29. The molecule has 4 nitrogen and oxygen atoms in total. The van der Waals surface area contributed by atoms with Gasteiger partial charge in [0.25, 0.3) is 0 Å². The molecule has 6 heteroatoms. The predicted molar refractivity (Wildman–Crippen MR) is 84.1 cm³/mol. The number of anilines is 1. The fourth-order valence-electron chi connectivity index (χ4n) is 2.17. The lowest BCUT2D eigenvalue weighted by atomic mass is 10.2. The number of halogens is 1. The van der Waals surface area contributed by atoms with Gasteiger partial charge in [-0.25, -0.2) is 12.8 Å². The molecule has 1 aromatic carbocycles. The molecule has 0 fully saturated rings. The van der Waals surface area contributed by atoms with Gasteiger partial charge >= 0.3 is 0 Å². The Morgan fingerprint density at radius 1 is 1.33 bits per heavy atom. The topological polar surface area (TPSA) is 63.4 Å². The van der Waals surface area contributed by atoms with E-state index in [2.05, 4.69) is 0 Å². The van der Waals surface area contributed by atoms with E-state index >= 15 is 0 Å². The van der Waals surface area contributed by atoms with Crippen LogP contribution < -0.4 is 5.73 Å². The number of benzene rings is 1. The summed E-state index contributed by atoms with van der Waals surface area (Å²) in [6.07, 6.45) is 2.42. The monoisotopic (exact) mass is 316 g/mol. The molecule has 0 amide bonds. The number of unbranched alkanes of at least 4 members (excludes halogenated alkanes) is 1. The van der Waals surface area contributed by atoms with Crippen molar-refractivity contribution in [2.75, 3.05) is 12.3 Å². The summed E-state index contributed by atoms with van der Waals surface area (Å²) in [5.74, 6) is -0.588. The largest absolute Gasteiger partial charge is 0.396 e. The highest BCUT2D eigenvalue weighted by Crippen LogP contribution is 2.26. The first-order chi connectivity index (χ1) is 9.75. The minimum absolute atomic E-state index is 0.0952. The van der Waals surface area contributed by atoms with Crippen LogP contribution >= 0.6 is 0 Å². The fourth-order valence-corrected chi connectivity index (χ4v) is 4.15. The summed E-state index contributed by atoms with van der Waals surface area (Å²) in [5.41, 5.74) is 5.78. The minimum Gasteiger partial charge on any atom is -0.396 e. The predicted octanol–water partition coefficient (Wildman–Crippen LogP) is 3.31. The van der Waals surface area contributed by atoms with E-state index in [0.29, 0.717) is 12.1 Å². The molecule has 0 radical (unpaired) electrons. The third-order valence-electron chi connectivity index (χ3n) is 3.70. The number of nitrogens with zero attached hydrogens (tertiary/aromatic N) is 1. The van der Waals surface area contributed by atoms with Gasteiger partial charge in [0, 0.05) is 12.6 Å². The Morgan fingerprint density at radius 3 is 2.48 bits per heavy atom. The average Bonchev–Trinajstić information content (AvgIpc) is 2.42. The Hall–Kier alpha value is -1.14. The van der Waals surface area contributed by atoms with Gasteiger partial charge in [0.05, 0.1) is 10.6 Å². The van der Waals surface area contributed by atoms with Crippen molar-refractivity contribution >= 4 is 15.7 Å². The number of nitrogen functional groups attached to an aromatic ring is 1. The molecule has 1 unspecified atom stereocenters. The first kappa shape index (κ1) is 17.9.